The second-order valence-corrected chi connectivity index (χ2v) is 5.21. The first-order valence-corrected chi connectivity index (χ1v) is 7.72. The number of carboxylic acids is 1. The van der Waals surface area contributed by atoms with Crippen molar-refractivity contribution in [3.05, 3.63) is 53.6 Å². The van der Waals surface area contributed by atoms with Crippen molar-refractivity contribution in [1.29, 1.82) is 0 Å². The molecule has 1 atom stereocenters. The fourth-order valence-electron chi connectivity index (χ4n) is 2.38. The molecule has 0 radical (unpaired) electrons. The SMILES string of the molecule is C/C=C\C(=C/CC)c1ccc(C(=O)C(CC)CC(=O)O)cc1. The Morgan fingerprint density at radius 2 is 1.73 bits per heavy atom. The average Bonchev–Trinajstić information content (AvgIpc) is 2.51. The van der Waals surface area contributed by atoms with Crippen molar-refractivity contribution in [2.45, 2.75) is 40.0 Å². The van der Waals surface area contributed by atoms with E-state index in [0.717, 1.165) is 17.6 Å². The highest BCUT2D eigenvalue weighted by atomic mass is 16.4. The second kappa shape index (κ2) is 8.98. The summed E-state index contributed by atoms with van der Waals surface area (Å²) < 4.78 is 0. The molecule has 0 fully saturated rings. The zero-order chi connectivity index (χ0) is 16.5. The Morgan fingerprint density at radius 3 is 2.18 bits per heavy atom. The van der Waals surface area contributed by atoms with Crippen molar-refractivity contribution < 1.29 is 14.7 Å². The second-order valence-electron chi connectivity index (χ2n) is 5.21. The van der Waals surface area contributed by atoms with Crippen LogP contribution < -0.4 is 0 Å². The van der Waals surface area contributed by atoms with Gasteiger partial charge in [0.1, 0.15) is 0 Å². The van der Waals surface area contributed by atoms with Gasteiger partial charge < -0.3 is 5.11 Å². The molecule has 0 saturated heterocycles. The van der Waals surface area contributed by atoms with Gasteiger partial charge in [0.15, 0.2) is 5.78 Å². The molecule has 0 heterocycles. The van der Waals surface area contributed by atoms with Crippen molar-refractivity contribution in [2.24, 2.45) is 5.92 Å². The zero-order valence-corrected chi connectivity index (χ0v) is 13.5. The van der Waals surface area contributed by atoms with Crippen molar-refractivity contribution >= 4 is 17.3 Å². The molecule has 1 unspecified atom stereocenters. The molecule has 1 aromatic carbocycles. The fraction of sp³-hybridized carbons (Fsp3) is 0.368. The van der Waals surface area contributed by atoms with E-state index in [1.807, 2.05) is 38.1 Å². The molecule has 0 spiro atoms. The van der Waals surface area contributed by atoms with Gasteiger partial charge in [-0.25, -0.2) is 0 Å². The van der Waals surface area contributed by atoms with Crippen LogP contribution in [-0.4, -0.2) is 16.9 Å². The molecule has 0 aliphatic rings. The molecule has 3 nitrogen and oxygen atoms in total. The molecular formula is C19H24O3. The number of aliphatic carboxylic acids is 1. The molecule has 0 aromatic heterocycles. The van der Waals surface area contributed by atoms with E-state index in [0.29, 0.717) is 12.0 Å². The molecule has 0 aliphatic carbocycles. The van der Waals surface area contributed by atoms with E-state index in [-0.39, 0.29) is 12.2 Å². The Hall–Kier alpha value is -2.16. The van der Waals surface area contributed by atoms with Crippen molar-refractivity contribution in [3.63, 3.8) is 0 Å². The minimum atomic E-state index is -0.932. The molecule has 3 heteroatoms. The van der Waals surface area contributed by atoms with Crippen LogP contribution in [0, 0.1) is 5.92 Å². The van der Waals surface area contributed by atoms with Crippen LogP contribution in [0.4, 0.5) is 0 Å². The van der Waals surface area contributed by atoms with Crippen LogP contribution >= 0.6 is 0 Å². The Labute approximate surface area is 132 Å². The fourth-order valence-corrected chi connectivity index (χ4v) is 2.38. The maximum absolute atomic E-state index is 12.4. The Morgan fingerprint density at radius 1 is 1.14 bits per heavy atom. The maximum Gasteiger partial charge on any atom is 0.304 e. The molecular weight excluding hydrogens is 276 g/mol. The van der Waals surface area contributed by atoms with Crippen LogP contribution in [0.1, 0.15) is 56.0 Å². The largest absolute Gasteiger partial charge is 0.481 e. The van der Waals surface area contributed by atoms with Gasteiger partial charge in [-0.05, 0) is 30.9 Å². The first-order valence-electron chi connectivity index (χ1n) is 7.72. The van der Waals surface area contributed by atoms with Crippen LogP contribution in [0.15, 0.2) is 42.5 Å². The molecule has 0 aliphatic heterocycles. The number of hydrogen-bond acceptors (Lipinski definition) is 2. The monoisotopic (exact) mass is 300 g/mol. The van der Waals surface area contributed by atoms with E-state index >= 15 is 0 Å². The number of carbonyl (C=O) groups excluding carboxylic acids is 1. The quantitative estimate of drug-likeness (QED) is 0.557. The highest BCUT2D eigenvalue weighted by molar-refractivity contribution is 5.99. The Kier molecular flexibility index (Phi) is 7.30. The lowest BCUT2D eigenvalue weighted by molar-refractivity contribution is -0.137. The lowest BCUT2D eigenvalue weighted by atomic mass is 9.91. The average molecular weight is 300 g/mol. The van der Waals surface area contributed by atoms with Crippen LogP contribution in [0.2, 0.25) is 0 Å². The number of rotatable bonds is 8. The van der Waals surface area contributed by atoms with Crippen LogP contribution in [0.25, 0.3) is 5.57 Å². The number of hydrogen-bond donors (Lipinski definition) is 1. The van der Waals surface area contributed by atoms with Crippen LogP contribution in [0.3, 0.4) is 0 Å². The lowest BCUT2D eigenvalue weighted by Gasteiger charge is -2.12. The third-order valence-corrected chi connectivity index (χ3v) is 3.56. The van der Waals surface area contributed by atoms with Gasteiger partial charge in [-0.2, -0.15) is 0 Å². The highest BCUT2D eigenvalue weighted by Gasteiger charge is 2.21. The summed E-state index contributed by atoms with van der Waals surface area (Å²) >= 11 is 0. The van der Waals surface area contributed by atoms with E-state index in [9.17, 15) is 9.59 Å². The molecule has 1 N–H and O–H groups in total. The summed E-state index contributed by atoms with van der Waals surface area (Å²) in [7, 11) is 0. The minimum Gasteiger partial charge on any atom is -0.481 e. The molecule has 118 valence electrons. The Bertz CT molecular complexity index is 565. The van der Waals surface area contributed by atoms with Gasteiger partial charge in [-0.1, -0.05) is 56.3 Å². The molecule has 0 amide bonds. The van der Waals surface area contributed by atoms with Crippen molar-refractivity contribution in [3.8, 4) is 0 Å². The summed E-state index contributed by atoms with van der Waals surface area (Å²) in [6.45, 7) is 5.90. The Balaban J connectivity index is 2.98. The lowest BCUT2D eigenvalue weighted by Crippen LogP contribution is -2.17. The molecule has 22 heavy (non-hydrogen) atoms. The summed E-state index contributed by atoms with van der Waals surface area (Å²) in [5, 5.41) is 8.88. The van der Waals surface area contributed by atoms with Gasteiger partial charge in [0.2, 0.25) is 0 Å². The number of allylic oxidation sites excluding steroid dienone is 4. The van der Waals surface area contributed by atoms with Gasteiger partial charge in [0, 0.05) is 11.5 Å². The van der Waals surface area contributed by atoms with Gasteiger partial charge in [-0.15, -0.1) is 0 Å². The molecule has 0 bridgehead atoms. The number of carboxylic acid groups (broad SMARTS) is 1. The number of benzene rings is 1. The number of carbonyl (C=O) groups is 2. The van der Waals surface area contributed by atoms with Gasteiger partial charge in [0.25, 0.3) is 0 Å². The first-order chi connectivity index (χ1) is 10.5. The molecule has 1 aromatic rings. The predicted octanol–water partition coefficient (Wildman–Crippen LogP) is 4.74. The zero-order valence-electron chi connectivity index (χ0n) is 13.5. The van der Waals surface area contributed by atoms with E-state index in [4.69, 9.17) is 5.11 Å². The van der Waals surface area contributed by atoms with Crippen LogP contribution in [-0.2, 0) is 4.79 Å². The van der Waals surface area contributed by atoms with Crippen LogP contribution in [0.5, 0.6) is 0 Å². The third kappa shape index (κ3) is 4.99. The van der Waals surface area contributed by atoms with Gasteiger partial charge >= 0.3 is 5.97 Å². The normalized spacial score (nSPS) is 13.3. The van der Waals surface area contributed by atoms with Gasteiger partial charge in [0.05, 0.1) is 6.42 Å². The topological polar surface area (TPSA) is 54.4 Å². The number of ketones is 1. The standard InChI is InChI=1S/C19H24O3/c1-4-7-15(8-5-2)16-9-11-17(12-10-16)19(22)14(6-3)13-18(20)21/h4,7-12,14H,5-6,13H2,1-3H3,(H,20,21)/b7-4-,15-8+. The van der Waals surface area contributed by atoms with E-state index < -0.39 is 11.9 Å². The molecule has 0 saturated carbocycles. The van der Waals surface area contributed by atoms with Crippen molar-refractivity contribution in [2.75, 3.05) is 0 Å². The summed E-state index contributed by atoms with van der Waals surface area (Å²) in [6.07, 6.45) is 7.52. The van der Waals surface area contributed by atoms with Gasteiger partial charge in [-0.3, -0.25) is 9.59 Å². The highest BCUT2D eigenvalue weighted by Crippen LogP contribution is 2.21. The first kappa shape index (κ1) is 17.9. The minimum absolute atomic E-state index is 0.0940. The molecule has 1 rings (SSSR count). The summed E-state index contributed by atoms with van der Waals surface area (Å²) in [4.78, 5) is 23.2. The summed E-state index contributed by atoms with van der Waals surface area (Å²) in [6, 6.07) is 7.41. The predicted molar refractivity (Wildman–Crippen MR) is 89.9 cm³/mol. The van der Waals surface area contributed by atoms with E-state index in [1.54, 1.807) is 12.1 Å². The summed E-state index contributed by atoms with van der Waals surface area (Å²) in [5.41, 5.74) is 2.76. The maximum atomic E-state index is 12.4. The summed E-state index contributed by atoms with van der Waals surface area (Å²) in [5.74, 6) is -1.48. The third-order valence-electron chi connectivity index (χ3n) is 3.56. The van der Waals surface area contributed by atoms with E-state index in [2.05, 4.69) is 13.0 Å². The smallest absolute Gasteiger partial charge is 0.304 e. The van der Waals surface area contributed by atoms with Crippen molar-refractivity contribution in [1.82, 2.24) is 0 Å². The number of Topliss-reactive ketones (excluding diaryl/α,β-unsaturated/α-hetero) is 1. The van der Waals surface area contributed by atoms with E-state index in [1.165, 1.54) is 0 Å².